The summed E-state index contributed by atoms with van der Waals surface area (Å²) in [6.07, 6.45) is 5.91. The summed E-state index contributed by atoms with van der Waals surface area (Å²) in [5.74, 6) is 0.682. The highest BCUT2D eigenvalue weighted by atomic mass is 35.5. The van der Waals surface area contributed by atoms with Crippen LogP contribution in [0.4, 0.5) is 5.69 Å². The smallest absolute Gasteiger partial charge is 0.137 e. The molecule has 0 unspecified atom stereocenters. The highest BCUT2D eigenvalue weighted by Gasteiger charge is 2.31. The van der Waals surface area contributed by atoms with Gasteiger partial charge in [0.2, 0.25) is 0 Å². The summed E-state index contributed by atoms with van der Waals surface area (Å²) >= 11 is 6.11. The quantitative estimate of drug-likeness (QED) is 0.866. The number of hydrogen-bond donors (Lipinski definition) is 2. The molecule has 0 bridgehead atoms. The molecule has 4 heteroatoms. The number of ether oxygens (including phenoxy) is 1. The first-order valence-corrected chi connectivity index (χ1v) is 7.25. The number of anilines is 1. The monoisotopic (exact) mass is 283 g/mol. The Kier molecular flexibility index (Phi) is 4.94. The van der Waals surface area contributed by atoms with Crippen LogP contribution in [-0.2, 0) is 0 Å². The third-order valence-electron chi connectivity index (χ3n) is 4.07. The lowest BCUT2D eigenvalue weighted by Crippen LogP contribution is -2.35. The van der Waals surface area contributed by atoms with Gasteiger partial charge in [0, 0.05) is 17.6 Å². The molecule has 0 amide bonds. The van der Waals surface area contributed by atoms with Crippen molar-refractivity contribution in [2.75, 3.05) is 25.6 Å². The fourth-order valence-electron chi connectivity index (χ4n) is 2.76. The average molecular weight is 284 g/mol. The first-order valence-electron chi connectivity index (χ1n) is 6.87. The van der Waals surface area contributed by atoms with Gasteiger partial charge in [-0.25, -0.2) is 0 Å². The van der Waals surface area contributed by atoms with Crippen molar-refractivity contribution >= 4 is 17.3 Å². The number of hydrogen-bond acceptors (Lipinski definition) is 3. The second kappa shape index (κ2) is 6.49. The van der Waals surface area contributed by atoms with Gasteiger partial charge in [-0.05, 0) is 31.0 Å². The van der Waals surface area contributed by atoms with Crippen molar-refractivity contribution in [3.05, 3.63) is 23.2 Å². The van der Waals surface area contributed by atoms with E-state index in [0.717, 1.165) is 25.1 Å². The van der Waals surface area contributed by atoms with E-state index < -0.39 is 0 Å². The minimum atomic E-state index is 0.0324. The Bertz CT molecular complexity index is 417. The van der Waals surface area contributed by atoms with Crippen LogP contribution in [0.1, 0.15) is 32.1 Å². The van der Waals surface area contributed by atoms with Gasteiger partial charge in [-0.3, -0.25) is 0 Å². The lowest BCUT2D eigenvalue weighted by molar-refractivity contribution is 0.0944. The van der Waals surface area contributed by atoms with Gasteiger partial charge in [0.05, 0.1) is 18.7 Å². The summed E-state index contributed by atoms with van der Waals surface area (Å²) in [6, 6.07) is 5.68. The molecule has 1 aromatic carbocycles. The van der Waals surface area contributed by atoms with Gasteiger partial charge >= 0.3 is 0 Å². The molecule has 0 spiro atoms. The van der Waals surface area contributed by atoms with Crippen molar-refractivity contribution in [1.82, 2.24) is 0 Å². The molecule has 0 aliphatic heterocycles. The molecule has 0 aromatic heterocycles. The maximum Gasteiger partial charge on any atom is 0.137 e. The molecule has 1 aromatic rings. The van der Waals surface area contributed by atoms with E-state index in [4.69, 9.17) is 16.3 Å². The lowest BCUT2D eigenvalue weighted by Gasteiger charge is -2.36. The van der Waals surface area contributed by atoms with E-state index >= 15 is 0 Å². The summed E-state index contributed by atoms with van der Waals surface area (Å²) in [6.45, 7) is 1.05. The average Bonchev–Trinajstić information content (AvgIpc) is 2.46. The molecule has 0 saturated heterocycles. The van der Waals surface area contributed by atoms with Crippen molar-refractivity contribution < 1.29 is 9.84 Å². The number of rotatable bonds is 5. The zero-order valence-electron chi connectivity index (χ0n) is 11.4. The maximum absolute atomic E-state index is 9.67. The van der Waals surface area contributed by atoms with E-state index in [9.17, 15) is 5.11 Å². The molecule has 1 aliphatic carbocycles. The molecule has 1 saturated carbocycles. The predicted molar refractivity (Wildman–Crippen MR) is 79.1 cm³/mol. The Labute approximate surface area is 119 Å². The third-order valence-corrected chi connectivity index (χ3v) is 4.36. The third kappa shape index (κ3) is 3.54. The Hall–Kier alpha value is -0.930. The van der Waals surface area contributed by atoms with Crippen LogP contribution in [0.2, 0.25) is 5.02 Å². The maximum atomic E-state index is 9.67. The van der Waals surface area contributed by atoms with Crippen LogP contribution in [0.25, 0.3) is 0 Å². The number of aliphatic hydroxyl groups is 1. The Morgan fingerprint density at radius 1 is 1.32 bits per heavy atom. The van der Waals surface area contributed by atoms with Gasteiger partial charge in [0.1, 0.15) is 5.75 Å². The molecule has 0 heterocycles. The minimum absolute atomic E-state index is 0.0324. The van der Waals surface area contributed by atoms with Crippen LogP contribution in [0.15, 0.2) is 18.2 Å². The minimum Gasteiger partial charge on any atom is -0.495 e. The highest BCUT2D eigenvalue weighted by Crippen LogP contribution is 2.36. The van der Waals surface area contributed by atoms with E-state index in [-0.39, 0.29) is 12.0 Å². The van der Waals surface area contributed by atoms with Gasteiger partial charge in [-0.2, -0.15) is 0 Å². The Balaban J connectivity index is 1.99. The van der Waals surface area contributed by atoms with Crippen LogP contribution in [0.5, 0.6) is 5.75 Å². The second-order valence-electron chi connectivity index (χ2n) is 5.42. The van der Waals surface area contributed by atoms with Crippen molar-refractivity contribution in [2.24, 2.45) is 5.41 Å². The highest BCUT2D eigenvalue weighted by molar-refractivity contribution is 6.32. The van der Waals surface area contributed by atoms with Gasteiger partial charge in [0.15, 0.2) is 0 Å². The first kappa shape index (κ1) is 14.5. The van der Waals surface area contributed by atoms with Crippen molar-refractivity contribution in [2.45, 2.75) is 32.1 Å². The fraction of sp³-hybridized carbons (Fsp3) is 0.600. The van der Waals surface area contributed by atoms with Gasteiger partial charge in [-0.15, -0.1) is 0 Å². The molecule has 19 heavy (non-hydrogen) atoms. The number of benzene rings is 1. The molecular formula is C15H22ClNO2. The lowest BCUT2D eigenvalue weighted by atomic mass is 9.74. The van der Waals surface area contributed by atoms with Gasteiger partial charge < -0.3 is 15.2 Å². The number of aliphatic hydroxyl groups excluding tert-OH is 1. The normalized spacial score (nSPS) is 18.1. The molecule has 2 rings (SSSR count). The summed E-state index contributed by atoms with van der Waals surface area (Å²) in [7, 11) is 1.61. The number of methoxy groups -OCH3 is 1. The molecule has 0 atom stereocenters. The van der Waals surface area contributed by atoms with Crippen molar-refractivity contribution in [3.8, 4) is 5.75 Å². The Morgan fingerprint density at radius 2 is 2.05 bits per heavy atom. The molecule has 1 aliphatic rings. The SMILES string of the molecule is COc1ccc(NCC2(CO)CCCCC2)cc1Cl. The van der Waals surface area contributed by atoms with Crippen LogP contribution in [-0.4, -0.2) is 25.4 Å². The predicted octanol–water partition coefficient (Wildman–Crippen LogP) is 3.70. The summed E-state index contributed by atoms with van der Waals surface area (Å²) < 4.78 is 5.14. The standard InChI is InChI=1S/C15H22ClNO2/c1-19-14-6-5-12(9-13(14)16)17-10-15(11-18)7-3-2-4-8-15/h5-6,9,17-18H,2-4,7-8,10-11H2,1H3. The summed E-state index contributed by atoms with van der Waals surface area (Å²) in [5.41, 5.74) is 1.01. The first-order chi connectivity index (χ1) is 9.19. The molecule has 2 N–H and O–H groups in total. The van der Waals surface area contributed by atoms with E-state index in [1.807, 2.05) is 18.2 Å². The molecular weight excluding hydrogens is 262 g/mol. The van der Waals surface area contributed by atoms with Crippen molar-refractivity contribution in [3.63, 3.8) is 0 Å². The van der Waals surface area contributed by atoms with E-state index in [1.54, 1.807) is 7.11 Å². The van der Waals surface area contributed by atoms with Crippen LogP contribution >= 0.6 is 11.6 Å². The van der Waals surface area contributed by atoms with E-state index in [1.165, 1.54) is 19.3 Å². The van der Waals surface area contributed by atoms with Gasteiger partial charge in [0.25, 0.3) is 0 Å². The summed E-state index contributed by atoms with van der Waals surface area (Å²) in [4.78, 5) is 0. The molecule has 0 radical (unpaired) electrons. The second-order valence-corrected chi connectivity index (χ2v) is 5.83. The van der Waals surface area contributed by atoms with Gasteiger partial charge in [-0.1, -0.05) is 30.9 Å². The number of nitrogens with one attached hydrogen (secondary N) is 1. The molecule has 106 valence electrons. The van der Waals surface area contributed by atoms with E-state index in [2.05, 4.69) is 5.32 Å². The van der Waals surface area contributed by atoms with Crippen LogP contribution < -0.4 is 10.1 Å². The molecule has 3 nitrogen and oxygen atoms in total. The Morgan fingerprint density at radius 3 is 2.63 bits per heavy atom. The zero-order chi connectivity index (χ0) is 13.7. The summed E-state index contributed by atoms with van der Waals surface area (Å²) in [5, 5.41) is 13.7. The topological polar surface area (TPSA) is 41.5 Å². The zero-order valence-corrected chi connectivity index (χ0v) is 12.2. The number of halogens is 1. The van der Waals surface area contributed by atoms with Crippen LogP contribution in [0.3, 0.4) is 0 Å². The fourth-order valence-corrected chi connectivity index (χ4v) is 3.02. The largest absolute Gasteiger partial charge is 0.495 e. The van der Waals surface area contributed by atoms with E-state index in [0.29, 0.717) is 10.8 Å². The van der Waals surface area contributed by atoms with Crippen LogP contribution in [0, 0.1) is 5.41 Å². The molecule has 1 fully saturated rings. The van der Waals surface area contributed by atoms with Crippen molar-refractivity contribution in [1.29, 1.82) is 0 Å².